The SMILES string of the molecule is COc1cc(Cl)c(C(O)C(C)C)cc1OC. The van der Waals surface area contributed by atoms with Crippen LogP contribution >= 0.6 is 11.6 Å². The van der Waals surface area contributed by atoms with Gasteiger partial charge in [-0.1, -0.05) is 25.4 Å². The van der Waals surface area contributed by atoms with Gasteiger partial charge in [-0.2, -0.15) is 0 Å². The second kappa shape index (κ2) is 5.41. The topological polar surface area (TPSA) is 38.7 Å². The van der Waals surface area contributed by atoms with Crippen molar-refractivity contribution in [1.82, 2.24) is 0 Å². The van der Waals surface area contributed by atoms with Gasteiger partial charge in [0.15, 0.2) is 11.5 Å². The zero-order valence-electron chi connectivity index (χ0n) is 9.95. The fourth-order valence-corrected chi connectivity index (χ4v) is 1.72. The van der Waals surface area contributed by atoms with Crippen LogP contribution in [0.2, 0.25) is 5.02 Å². The van der Waals surface area contributed by atoms with Crippen LogP contribution in [0.25, 0.3) is 0 Å². The van der Waals surface area contributed by atoms with Gasteiger partial charge in [0.25, 0.3) is 0 Å². The van der Waals surface area contributed by atoms with Gasteiger partial charge in [-0.3, -0.25) is 0 Å². The van der Waals surface area contributed by atoms with E-state index >= 15 is 0 Å². The number of methoxy groups -OCH3 is 2. The number of hydrogen-bond donors (Lipinski definition) is 1. The number of ether oxygens (including phenoxy) is 2. The average Bonchev–Trinajstić information content (AvgIpc) is 2.27. The molecule has 0 fully saturated rings. The summed E-state index contributed by atoms with van der Waals surface area (Å²) >= 11 is 6.08. The van der Waals surface area contributed by atoms with Crippen molar-refractivity contribution in [3.05, 3.63) is 22.7 Å². The Kier molecular flexibility index (Phi) is 4.44. The average molecular weight is 245 g/mol. The summed E-state index contributed by atoms with van der Waals surface area (Å²) in [5.74, 6) is 1.23. The number of hydrogen-bond acceptors (Lipinski definition) is 3. The Hall–Kier alpha value is -0.930. The van der Waals surface area contributed by atoms with Crippen LogP contribution in [0.1, 0.15) is 25.5 Å². The van der Waals surface area contributed by atoms with Crippen LogP contribution in [0.3, 0.4) is 0 Å². The summed E-state index contributed by atoms with van der Waals surface area (Å²) in [4.78, 5) is 0. The molecule has 1 atom stereocenters. The first kappa shape index (κ1) is 13.1. The summed E-state index contributed by atoms with van der Waals surface area (Å²) in [6, 6.07) is 3.37. The predicted octanol–water partition coefficient (Wildman–Crippen LogP) is 3.05. The van der Waals surface area contributed by atoms with Crippen molar-refractivity contribution in [2.24, 2.45) is 5.92 Å². The molecule has 1 unspecified atom stereocenters. The number of benzene rings is 1. The van der Waals surface area contributed by atoms with E-state index in [1.807, 2.05) is 13.8 Å². The highest BCUT2D eigenvalue weighted by Crippen LogP contribution is 2.37. The monoisotopic (exact) mass is 244 g/mol. The first-order valence-electron chi connectivity index (χ1n) is 5.10. The maximum atomic E-state index is 9.98. The summed E-state index contributed by atoms with van der Waals surface area (Å²) in [6.45, 7) is 3.86. The number of rotatable bonds is 4. The molecule has 1 N–H and O–H groups in total. The maximum absolute atomic E-state index is 9.98. The molecule has 1 rings (SSSR count). The number of halogens is 1. The van der Waals surface area contributed by atoms with E-state index in [1.165, 1.54) is 0 Å². The van der Waals surface area contributed by atoms with Gasteiger partial charge in [0.2, 0.25) is 0 Å². The first-order valence-corrected chi connectivity index (χ1v) is 5.48. The van der Waals surface area contributed by atoms with Crippen molar-refractivity contribution >= 4 is 11.6 Å². The van der Waals surface area contributed by atoms with Gasteiger partial charge in [-0.15, -0.1) is 0 Å². The van der Waals surface area contributed by atoms with Gasteiger partial charge in [0, 0.05) is 11.6 Å². The quantitative estimate of drug-likeness (QED) is 0.885. The number of aliphatic hydroxyl groups excluding tert-OH is 1. The summed E-state index contributed by atoms with van der Waals surface area (Å²) in [7, 11) is 3.10. The lowest BCUT2D eigenvalue weighted by Crippen LogP contribution is -2.06. The molecule has 0 bridgehead atoms. The molecular weight excluding hydrogens is 228 g/mol. The standard InChI is InChI=1S/C12H17ClO3/c1-7(2)12(14)8-5-10(15-3)11(16-4)6-9(8)13/h5-7,12,14H,1-4H3. The lowest BCUT2D eigenvalue weighted by atomic mass is 9.99. The molecule has 0 heterocycles. The Balaban J connectivity index is 3.21. The van der Waals surface area contributed by atoms with Gasteiger partial charge >= 0.3 is 0 Å². The molecule has 0 saturated carbocycles. The van der Waals surface area contributed by atoms with E-state index in [9.17, 15) is 5.11 Å². The van der Waals surface area contributed by atoms with Crippen LogP contribution in [-0.4, -0.2) is 19.3 Å². The van der Waals surface area contributed by atoms with E-state index in [2.05, 4.69) is 0 Å². The van der Waals surface area contributed by atoms with Crippen molar-refractivity contribution < 1.29 is 14.6 Å². The Morgan fingerprint density at radius 1 is 1.12 bits per heavy atom. The van der Waals surface area contributed by atoms with Gasteiger partial charge in [-0.05, 0) is 12.0 Å². The Morgan fingerprint density at radius 3 is 2.06 bits per heavy atom. The predicted molar refractivity (Wildman–Crippen MR) is 64.4 cm³/mol. The van der Waals surface area contributed by atoms with Crippen molar-refractivity contribution in [3.8, 4) is 11.5 Å². The summed E-state index contributed by atoms with van der Waals surface area (Å²) in [5.41, 5.74) is 0.661. The van der Waals surface area contributed by atoms with E-state index in [-0.39, 0.29) is 5.92 Å². The molecule has 0 aliphatic rings. The van der Waals surface area contributed by atoms with Gasteiger partial charge in [0.1, 0.15) is 0 Å². The van der Waals surface area contributed by atoms with E-state index in [0.717, 1.165) is 0 Å². The third-order valence-electron chi connectivity index (χ3n) is 2.45. The summed E-state index contributed by atoms with van der Waals surface area (Å²) < 4.78 is 10.3. The molecule has 0 aromatic heterocycles. The molecular formula is C12H17ClO3. The number of aliphatic hydroxyl groups is 1. The minimum Gasteiger partial charge on any atom is -0.493 e. The normalized spacial score (nSPS) is 12.7. The van der Waals surface area contributed by atoms with Crippen LogP contribution in [0, 0.1) is 5.92 Å². The van der Waals surface area contributed by atoms with Crippen LogP contribution in [-0.2, 0) is 0 Å². The highest BCUT2D eigenvalue weighted by atomic mass is 35.5. The molecule has 0 saturated heterocycles. The van der Waals surface area contributed by atoms with Gasteiger partial charge in [0.05, 0.1) is 25.3 Å². The Bertz CT molecular complexity index is 364. The van der Waals surface area contributed by atoms with Crippen molar-refractivity contribution in [1.29, 1.82) is 0 Å². The molecule has 1 aromatic rings. The molecule has 0 spiro atoms. The largest absolute Gasteiger partial charge is 0.493 e. The summed E-state index contributed by atoms with van der Waals surface area (Å²) in [6.07, 6.45) is -0.604. The minimum absolute atomic E-state index is 0.0931. The third-order valence-corrected chi connectivity index (χ3v) is 2.78. The second-order valence-electron chi connectivity index (χ2n) is 3.92. The molecule has 16 heavy (non-hydrogen) atoms. The molecule has 1 aromatic carbocycles. The molecule has 0 amide bonds. The van der Waals surface area contributed by atoms with Crippen LogP contribution in [0.4, 0.5) is 0 Å². The Labute approximate surface area is 101 Å². The molecule has 0 aliphatic carbocycles. The lowest BCUT2D eigenvalue weighted by molar-refractivity contribution is 0.126. The molecule has 90 valence electrons. The van der Waals surface area contributed by atoms with Crippen molar-refractivity contribution in [3.63, 3.8) is 0 Å². The Morgan fingerprint density at radius 2 is 1.62 bits per heavy atom. The zero-order chi connectivity index (χ0) is 12.3. The zero-order valence-corrected chi connectivity index (χ0v) is 10.7. The van der Waals surface area contributed by atoms with E-state index in [0.29, 0.717) is 22.1 Å². The van der Waals surface area contributed by atoms with E-state index in [4.69, 9.17) is 21.1 Å². The highest BCUT2D eigenvalue weighted by Gasteiger charge is 2.18. The first-order chi connectivity index (χ1) is 7.51. The van der Waals surface area contributed by atoms with Gasteiger partial charge in [-0.25, -0.2) is 0 Å². The van der Waals surface area contributed by atoms with E-state index in [1.54, 1.807) is 26.4 Å². The summed E-state index contributed by atoms with van der Waals surface area (Å²) in [5, 5.41) is 10.5. The lowest BCUT2D eigenvalue weighted by Gasteiger charge is -2.18. The second-order valence-corrected chi connectivity index (χ2v) is 4.32. The van der Waals surface area contributed by atoms with Crippen LogP contribution in [0.5, 0.6) is 11.5 Å². The smallest absolute Gasteiger partial charge is 0.162 e. The molecule has 0 radical (unpaired) electrons. The molecule has 3 nitrogen and oxygen atoms in total. The maximum Gasteiger partial charge on any atom is 0.162 e. The third kappa shape index (κ3) is 2.60. The molecule has 4 heteroatoms. The fraction of sp³-hybridized carbons (Fsp3) is 0.500. The van der Waals surface area contributed by atoms with Gasteiger partial charge < -0.3 is 14.6 Å². The van der Waals surface area contributed by atoms with Crippen molar-refractivity contribution in [2.45, 2.75) is 20.0 Å². The van der Waals surface area contributed by atoms with Crippen LogP contribution < -0.4 is 9.47 Å². The van der Waals surface area contributed by atoms with E-state index < -0.39 is 6.10 Å². The molecule has 0 aliphatic heterocycles. The fourth-order valence-electron chi connectivity index (χ4n) is 1.46. The van der Waals surface area contributed by atoms with Crippen LogP contribution in [0.15, 0.2) is 12.1 Å². The minimum atomic E-state index is -0.604. The van der Waals surface area contributed by atoms with Crippen molar-refractivity contribution in [2.75, 3.05) is 14.2 Å². The highest BCUT2D eigenvalue weighted by molar-refractivity contribution is 6.31.